The van der Waals surface area contributed by atoms with Gasteiger partial charge >= 0.3 is 5.69 Å². The first-order valence-electron chi connectivity index (χ1n) is 8.00. The van der Waals surface area contributed by atoms with Crippen molar-refractivity contribution in [2.75, 3.05) is 6.61 Å². The molecule has 23 heavy (non-hydrogen) atoms. The van der Waals surface area contributed by atoms with Gasteiger partial charge in [0.2, 0.25) is 0 Å². The summed E-state index contributed by atoms with van der Waals surface area (Å²) in [5.41, 5.74) is -0.615. The van der Waals surface area contributed by atoms with E-state index in [4.69, 9.17) is 9.84 Å². The minimum atomic E-state index is -1.35. The smallest absolute Gasteiger partial charge is 0.330 e. The van der Waals surface area contributed by atoms with E-state index in [9.17, 15) is 19.8 Å². The Hall–Kier alpha value is -1.48. The molecule has 128 valence electrons. The maximum atomic E-state index is 12.1. The average Bonchev–Trinajstić information content (AvgIpc) is 2.84. The van der Waals surface area contributed by atoms with Crippen molar-refractivity contribution in [3.8, 4) is 0 Å². The Morgan fingerprint density at radius 1 is 1.17 bits per heavy atom. The van der Waals surface area contributed by atoms with Crippen LogP contribution in [-0.2, 0) is 4.74 Å². The van der Waals surface area contributed by atoms with Crippen LogP contribution < -0.4 is 11.2 Å². The first-order chi connectivity index (χ1) is 11.0. The van der Waals surface area contributed by atoms with Crippen LogP contribution in [0.1, 0.15) is 49.8 Å². The summed E-state index contributed by atoms with van der Waals surface area (Å²) in [5.74, 6) is 0.0801. The first kappa shape index (κ1) is 16.4. The fourth-order valence-electron chi connectivity index (χ4n) is 3.50. The molecular weight excluding hydrogens is 304 g/mol. The van der Waals surface area contributed by atoms with Crippen molar-refractivity contribution >= 4 is 0 Å². The lowest BCUT2D eigenvalue weighted by Gasteiger charge is -2.23. The molecule has 0 amide bonds. The molecule has 3 rings (SSSR count). The number of nitrogens with zero attached hydrogens (tertiary/aromatic N) is 1. The van der Waals surface area contributed by atoms with Crippen molar-refractivity contribution in [2.24, 2.45) is 0 Å². The van der Waals surface area contributed by atoms with Gasteiger partial charge in [0.1, 0.15) is 18.3 Å². The quantitative estimate of drug-likeness (QED) is 0.576. The van der Waals surface area contributed by atoms with Crippen molar-refractivity contribution in [1.29, 1.82) is 0 Å². The Bertz CT molecular complexity index is 663. The van der Waals surface area contributed by atoms with E-state index in [1.807, 2.05) is 0 Å². The number of aliphatic hydroxyl groups excluding tert-OH is 3. The summed E-state index contributed by atoms with van der Waals surface area (Å²) in [6.45, 7) is -0.470. The van der Waals surface area contributed by atoms with Gasteiger partial charge in [-0.05, 0) is 18.8 Å². The SMILES string of the molecule is O=c1[nH]c(=O)n([C@@H]2O[C@H](CO)[C@@H](O)[C@H]2O)cc1C1CCCCC1. The molecular formula is C15H22N2O6. The van der Waals surface area contributed by atoms with Crippen LogP contribution in [0.4, 0.5) is 0 Å². The van der Waals surface area contributed by atoms with Crippen LogP contribution >= 0.6 is 0 Å². The molecule has 4 atom stereocenters. The predicted molar refractivity (Wildman–Crippen MR) is 80.2 cm³/mol. The minimum Gasteiger partial charge on any atom is -0.394 e. The summed E-state index contributed by atoms with van der Waals surface area (Å²) in [7, 11) is 0. The van der Waals surface area contributed by atoms with E-state index in [1.54, 1.807) is 0 Å². The number of hydrogen-bond acceptors (Lipinski definition) is 6. The van der Waals surface area contributed by atoms with E-state index in [2.05, 4.69) is 4.98 Å². The van der Waals surface area contributed by atoms with E-state index < -0.39 is 42.4 Å². The van der Waals surface area contributed by atoms with Crippen LogP contribution in [0.5, 0.6) is 0 Å². The molecule has 1 saturated carbocycles. The first-order valence-corrected chi connectivity index (χ1v) is 8.00. The van der Waals surface area contributed by atoms with Crippen LogP contribution in [0.25, 0.3) is 0 Å². The molecule has 0 radical (unpaired) electrons. The van der Waals surface area contributed by atoms with Gasteiger partial charge in [-0.25, -0.2) is 4.79 Å². The minimum absolute atomic E-state index is 0.0801. The molecule has 1 aliphatic heterocycles. The highest BCUT2D eigenvalue weighted by Gasteiger charge is 2.44. The summed E-state index contributed by atoms with van der Waals surface area (Å²) in [5, 5.41) is 29.0. The van der Waals surface area contributed by atoms with Gasteiger partial charge in [-0.2, -0.15) is 0 Å². The second-order valence-electron chi connectivity index (χ2n) is 6.31. The Labute approximate surface area is 132 Å². The molecule has 0 bridgehead atoms. The maximum absolute atomic E-state index is 12.1. The molecule has 2 aliphatic rings. The van der Waals surface area contributed by atoms with E-state index >= 15 is 0 Å². The van der Waals surface area contributed by atoms with Crippen LogP contribution in [0.3, 0.4) is 0 Å². The monoisotopic (exact) mass is 326 g/mol. The summed E-state index contributed by atoms with van der Waals surface area (Å²) < 4.78 is 6.48. The van der Waals surface area contributed by atoms with Gasteiger partial charge in [-0.3, -0.25) is 14.3 Å². The molecule has 1 saturated heterocycles. The van der Waals surface area contributed by atoms with Gasteiger partial charge in [-0.1, -0.05) is 19.3 Å². The zero-order valence-electron chi connectivity index (χ0n) is 12.7. The molecule has 0 aromatic carbocycles. The van der Waals surface area contributed by atoms with Gasteiger partial charge in [0.15, 0.2) is 6.23 Å². The number of nitrogens with one attached hydrogen (secondary N) is 1. The van der Waals surface area contributed by atoms with Crippen molar-refractivity contribution in [2.45, 2.75) is 62.6 Å². The lowest BCUT2D eigenvalue weighted by molar-refractivity contribution is -0.0551. The van der Waals surface area contributed by atoms with E-state index in [0.717, 1.165) is 36.7 Å². The summed E-state index contributed by atoms with van der Waals surface area (Å²) in [4.78, 5) is 26.5. The van der Waals surface area contributed by atoms with Gasteiger partial charge < -0.3 is 20.1 Å². The standard InChI is InChI=1S/C15H22N2O6/c18-7-10-11(19)12(20)14(23-10)17-6-9(13(21)16-15(17)22)8-4-2-1-3-5-8/h6,8,10-12,14,18-20H,1-5,7H2,(H,16,21,22)/t10-,11-,12-,14-/m1/s1. The molecule has 0 unspecified atom stereocenters. The third-order valence-electron chi connectivity index (χ3n) is 4.83. The highest BCUT2D eigenvalue weighted by molar-refractivity contribution is 5.13. The van der Waals surface area contributed by atoms with E-state index in [1.165, 1.54) is 6.20 Å². The zero-order chi connectivity index (χ0) is 16.6. The van der Waals surface area contributed by atoms with Gasteiger partial charge in [0.25, 0.3) is 5.56 Å². The molecule has 8 nitrogen and oxygen atoms in total. The highest BCUT2D eigenvalue weighted by Crippen LogP contribution is 2.32. The van der Waals surface area contributed by atoms with Crippen molar-refractivity contribution < 1.29 is 20.1 Å². The van der Waals surface area contributed by atoms with Crippen molar-refractivity contribution in [3.05, 3.63) is 32.6 Å². The predicted octanol–water partition coefficient (Wildman–Crippen LogP) is -0.804. The Kier molecular flexibility index (Phi) is 4.67. The third-order valence-corrected chi connectivity index (χ3v) is 4.83. The maximum Gasteiger partial charge on any atom is 0.330 e. The Balaban J connectivity index is 1.96. The summed E-state index contributed by atoms with van der Waals surface area (Å²) in [6.07, 6.45) is 1.68. The van der Waals surface area contributed by atoms with Crippen molar-refractivity contribution in [1.82, 2.24) is 9.55 Å². The third kappa shape index (κ3) is 2.99. The number of aliphatic hydroxyl groups is 3. The molecule has 0 spiro atoms. The fourth-order valence-corrected chi connectivity index (χ4v) is 3.50. The Morgan fingerprint density at radius 2 is 1.87 bits per heavy atom. The highest BCUT2D eigenvalue weighted by atomic mass is 16.6. The van der Waals surface area contributed by atoms with Gasteiger partial charge in [0, 0.05) is 11.8 Å². The number of aromatic nitrogens is 2. The van der Waals surface area contributed by atoms with Crippen LogP contribution in [0, 0.1) is 0 Å². The lowest BCUT2D eigenvalue weighted by Crippen LogP contribution is -2.39. The fraction of sp³-hybridized carbons (Fsp3) is 0.733. The number of H-pyrrole nitrogens is 1. The molecule has 1 aliphatic carbocycles. The van der Waals surface area contributed by atoms with Gasteiger partial charge in [-0.15, -0.1) is 0 Å². The second-order valence-corrected chi connectivity index (χ2v) is 6.31. The molecule has 8 heteroatoms. The molecule has 1 aromatic heterocycles. The van der Waals surface area contributed by atoms with Crippen LogP contribution in [0.15, 0.2) is 15.8 Å². The summed E-state index contributed by atoms with van der Waals surface area (Å²) >= 11 is 0. The van der Waals surface area contributed by atoms with Crippen LogP contribution in [-0.4, -0.2) is 49.8 Å². The van der Waals surface area contributed by atoms with E-state index in [0.29, 0.717) is 5.56 Å². The van der Waals surface area contributed by atoms with E-state index in [-0.39, 0.29) is 5.92 Å². The van der Waals surface area contributed by atoms with Crippen molar-refractivity contribution in [3.63, 3.8) is 0 Å². The number of rotatable bonds is 3. The topological polar surface area (TPSA) is 125 Å². The second kappa shape index (κ2) is 6.56. The molecule has 4 N–H and O–H groups in total. The van der Waals surface area contributed by atoms with Gasteiger partial charge in [0.05, 0.1) is 6.61 Å². The molecule has 2 heterocycles. The largest absolute Gasteiger partial charge is 0.394 e. The number of aromatic amines is 1. The zero-order valence-corrected chi connectivity index (χ0v) is 12.7. The summed E-state index contributed by atoms with van der Waals surface area (Å²) in [6, 6.07) is 0. The molecule has 2 fully saturated rings. The van der Waals surface area contributed by atoms with Crippen LogP contribution in [0.2, 0.25) is 0 Å². The number of hydrogen-bond donors (Lipinski definition) is 4. The number of ether oxygens (including phenoxy) is 1. The normalized spacial score (nSPS) is 32.3. The molecule has 1 aromatic rings. The average molecular weight is 326 g/mol. The Morgan fingerprint density at radius 3 is 2.48 bits per heavy atom. The lowest BCUT2D eigenvalue weighted by atomic mass is 9.85.